The minimum absolute atomic E-state index is 0. The number of anilines is 1. The molecule has 1 aliphatic heterocycles. The van der Waals surface area contributed by atoms with E-state index in [4.69, 9.17) is 0 Å². The molecule has 4 rings (SSSR count). The highest BCUT2D eigenvalue weighted by atomic mass is 19.1. The summed E-state index contributed by atoms with van der Waals surface area (Å²) in [6, 6.07) is 19.0. The first-order chi connectivity index (χ1) is 14.4. The molecule has 3 aromatic rings. The summed E-state index contributed by atoms with van der Waals surface area (Å²) >= 11 is 0. The zero-order chi connectivity index (χ0) is 21.3. The van der Waals surface area contributed by atoms with Crippen LogP contribution >= 0.6 is 0 Å². The summed E-state index contributed by atoms with van der Waals surface area (Å²) in [4.78, 5) is 27.1. The first kappa shape index (κ1) is 22.3. The normalized spacial score (nSPS) is 17.6. The predicted molar refractivity (Wildman–Crippen MR) is 118 cm³/mol. The molecule has 0 aliphatic carbocycles. The van der Waals surface area contributed by atoms with Gasteiger partial charge in [-0.3, -0.25) is 9.59 Å². The van der Waals surface area contributed by atoms with Gasteiger partial charge >= 0.3 is 0 Å². The van der Waals surface area contributed by atoms with Crippen LogP contribution in [0.15, 0.2) is 72.8 Å². The molecule has 0 spiro atoms. The van der Waals surface area contributed by atoms with Gasteiger partial charge in [0.15, 0.2) is 5.78 Å². The van der Waals surface area contributed by atoms with Crippen molar-refractivity contribution in [2.45, 2.75) is 33.2 Å². The van der Waals surface area contributed by atoms with E-state index in [1.807, 2.05) is 31.2 Å². The lowest BCUT2D eigenvalue weighted by Gasteiger charge is -2.47. The molecular weight excluding hydrogens is 396 g/mol. The minimum atomic E-state index is -0.393. The Kier molecular flexibility index (Phi) is 6.64. The zero-order valence-corrected chi connectivity index (χ0v) is 16.5. The summed E-state index contributed by atoms with van der Waals surface area (Å²) in [7, 11) is 0. The SMILES string of the molecule is C.Cc1ccc([C@@H]2[C@@H](CCC(=O)c3ccc(F)cc3)C(=O)N2c2ccc(F)cc2)cc1. The Morgan fingerprint density at radius 1 is 0.871 bits per heavy atom. The Labute approximate surface area is 181 Å². The zero-order valence-electron chi connectivity index (χ0n) is 16.5. The third-order valence-corrected chi connectivity index (χ3v) is 5.59. The van der Waals surface area contributed by atoms with Crippen molar-refractivity contribution in [2.75, 3.05) is 4.90 Å². The summed E-state index contributed by atoms with van der Waals surface area (Å²) in [6.07, 6.45) is 0.590. The Balaban J connectivity index is 0.00000272. The van der Waals surface area contributed by atoms with Crippen molar-refractivity contribution >= 4 is 17.4 Å². The molecule has 1 fully saturated rings. The smallest absolute Gasteiger partial charge is 0.233 e. The number of carbonyl (C=O) groups is 2. The van der Waals surface area contributed by atoms with Crippen LogP contribution in [0.5, 0.6) is 0 Å². The molecule has 0 saturated carbocycles. The molecule has 0 unspecified atom stereocenters. The molecule has 0 N–H and O–H groups in total. The summed E-state index contributed by atoms with van der Waals surface area (Å²) in [5.74, 6) is -1.30. The summed E-state index contributed by atoms with van der Waals surface area (Å²) < 4.78 is 26.4. The second kappa shape index (κ2) is 9.21. The molecule has 160 valence electrons. The van der Waals surface area contributed by atoms with Crippen LogP contribution in [0.1, 0.15) is 47.8 Å². The first-order valence-corrected chi connectivity index (χ1v) is 9.88. The van der Waals surface area contributed by atoms with Gasteiger partial charge in [-0.05, 0) is 67.4 Å². The minimum Gasteiger partial charge on any atom is -0.304 e. The molecule has 0 aromatic heterocycles. The molecule has 0 bridgehead atoms. The van der Waals surface area contributed by atoms with Gasteiger partial charge in [0.1, 0.15) is 11.6 Å². The monoisotopic (exact) mass is 421 g/mol. The second-order valence-corrected chi connectivity index (χ2v) is 7.62. The summed E-state index contributed by atoms with van der Waals surface area (Å²) in [5.41, 5.74) is 3.16. The molecule has 3 nitrogen and oxygen atoms in total. The van der Waals surface area contributed by atoms with E-state index in [0.717, 1.165) is 11.1 Å². The van der Waals surface area contributed by atoms with Crippen LogP contribution in [-0.4, -0.2) is 11.7 Å². The van der Waals surface area contributed by atoms with Crippen LogP contribution < -0.4 is 4.90 Å². The van der Waals surface area contributed by atoms with Crippen LogP contribution in [0.2, 0.25) is 0 Å². The molecule has 0 radical (unpaired) electrons. The number of carbonyl (C=O) groups excluding carboxylic acids is 2. The van der Waals surface area contributed by atoms with Crippen LogP contribution in [-0.2, 0) is 4.79 Å². The number of amides is 1. The Morgan fingerprint density at radius 3 is 2.00 bits per heavy atom. The summed E-state index contributed by atoms with van der Waals surface area (Å²) in [6.45, 7) is 1.99. The standard InChI is InChI=1S/C25H21F2NO2.CH4/c1-16-2-4-18(5-3-16)24-22(14-15-23(29)17-6-8-19(26)9-7-17)25(30)28(24)21-12-10-20(27)11-13-21;/h2-13,22,24H,14-15H2,1H3;1H4/t22-,24-;/m1./s1. The number of Topliss-reactive ketones (excluding diaryl/α,β-unsaturated/α-hetero) is 1. The summed E-state index contributed by atoms with van der Waals surface area (Å²) in [5, 5.41) is 0. The predicted octanol–water partition coefficient (Wildman–Crippen LogP) is 6.28. The van der Waals surface area contributed by atoms with Crippen LogP contribution in [0.3, 0.4) is 0 Å². The lowest BCUT2D eigenvalue weighted by atomic mass is 9.78. The molecular formula is C26H25F2NO2. The van der Waals surface area contributed by atoms with Crippen LogP contribution in [0.4, 0.5) is 14.5 Å². The number of hydrogen-bond donors (Lipinski definition) is 0. The van der Waals surface area contributed by atoms with E-state index in [1.165, 1.54) is 36.4 Å². The van der Waals surface area contributed by atoms with Gasteiger partial charge in [0.25, 0.3) is 0 Å². The van der Waals surface area contributed by atoms with Gasteiger partial charge < -0.3 is 4.90 Å². The topological polar surface area (TPSA) is 37.4 Å². The lowest BCUT2D eigenvalue weighted by molar-refractivity contribution is -0.130. The number of rotatable bonds is 6. The van der Waals surface area contributed by atoms with E-state index in [2.05, 4.69) is 0 Å². The van der Waals surface area contributed by atoms with Gasteiger partial charge in [0.2, 0.25) is 5.91 Å². The molecule has 31 heavy (non-hydrogen) atoms. The highest BCUT2D eigenvalue weighted by Gasteiger charge is 2.48. The number of ketones is 1. The first-order valence-electron chi connectivity index (χ1n) is 9.88. The van der Waals surface area contributed by atoms with Gasteiger partial charge in [-0.25, -0.2) is 8.78 Å². The van der Waals surface area contributed by atoms with Crippen molar-refractivity contribution in [1.29, 1.82) is 0 Å². The van der Waals surface area contributed by atoms with E-state index in [0.29, 0.717) is 17.7 Å². The van der Waals surface area contributed by atoms with Gasteiger partial charge in [-0.2, -0.15) is 0 Å². The highest BCUT2D eigenvalue weighted by Crippen LogP contribution is 2.45. The maximum Gasteiger partial charge on any atom is 0.233 e. The maximum atomic E-state index is 13.3. The quantitative estimate of drug-likeness (QED) is 0.347. The number of β-lactam (4-membered cyclic amide) rings is 1. The number of halogens is 2. The molecule has 1 saturated heterocycles. The van der Waals surface area contributed by atoms with Gasteiger partial charge in [0, 0.05) is 17.7 Å². The highest BCUT2D eigenvalue weighted by molar-refractivity contribution is 6.04. The Hall–Kier alpha value is -3.34. The van der Waals surface area contributed by atoms with E-state index in [-0.39, 0.29) is 43.3 Å². The second-order valence-electron chi connectivity index (χ2n) is 7.62. The van der Waals surface area contributed by atoms with Gasteiger partial charge in [-0.1, -0.05) is 37.3 Å². The van der Waals surface area contributed by atoms with E-state index in [9.17, 15) is 18.4 Å². The van der Waals surface area contributed by atoms with E-state index in [1.54, 1.807) is 17.0 Å². The Bertz CT molecular complexity index is 1060. The van der Waals surface area contributed by atoms with Crippen molar-refractivity contribution in [3.8, 4) is 0 Å². The fraction of sp³-hybridized carbons (Fsp3) is 0.231. The van der Waals surface area contributed by atoms with Crippen molar-refractivity contribution in [3.63, 3.8) is 0 Å². The molecule has 1 aliphatic rings. The van der Waals surface area contributed by atoms with Crippen LogP contribution in [0, 0.1) is 24.5 Å². The van der Waals surface area contributed by atoms with Crippen LogP contribution in [0.25, 0.3) is 0 Å². The average molecular weight is 421 g/mol. The molecule has 3 aromatic carbocycles. The number of nitrogens with zero attached hydrogens (tertiary/aromatic N) is 1. The largest absolute Gasteiger partial charge is 0.304 e. The fourth-order valence-corrected chi connectivity index (χ4v) is 3.93. The van der Waals surface area contributed by atoms with Gasteiger partial charge in [0.05, 0.1) is 12.0 Å². The third-order valence-electron chi connectivity index (χ3n) is 5.59. The van der Waals surface area contributed by atoms with Crippen molar-refractivity contribution < 1.29 is 18.4 Å². The number of aryl methyl sites for hydroxylation is 1. The van der Waals surface area contributed by atoms with Crippen molar-refractivity contribution in [3.05, 3.63) is 101 Å². The fourth-order valence-electron chi connectivity index (χ4n) is 3.93. The number of benzene rings is 3. The number of hydrogen-bond acceptors (Lipinski definition) is 2. The van der Waals surface area contributed by atoms with E-state index < -0.39 is 5.82 Å². The van der Waals surface area contributed by atoms with Crippen molar-refractivity contribution in [2.24, 2.45) is 5.92 Å². The third kappa shape index (κ3) is 4.55. The molecule has 2 atom stereocenters. The van der Waals surface area contributed by atoms with Crippen molar-refractivity contribution in [1.82, 2.24) is 0 Å². The molecule has 5 heteroatoms. The molecule has 1 heterocycles. The lowest BCUT2D eigenvalue weighted by Crippen LogP contribution is -2.55. The maximum absolute atomic E-state index is 13.3. The van der Waals surface area contributed by atoms with E-state index >= 15 is 0 Å². The van der Waals surface area contributed by atoms with Gasteiger partial charge in [-0.15, -0.1) is 0 Å². The molecule has 1 amide bonds. The average Bonchev–Trinajstić information content (AvgIpc) is 2.74. The Morgan fingerprint density at radius 2 is 1.42 bits per heavy atom.